The van der Waals surface area contributed by atoms with Crippen molar-refractivity contribution in [3.8, 4) is 0 Å². The Kier molecular flexibility index (Phi) is 12.9. The smallest absolute Gasteiger partial charge is 0.222 e. The number of rotatable bonds is 11. The van der Waals surface area contributed by atoms with Crippen LogP contribution in [0.3, 0.4) is 0 Å². The molecule has 7 heteroatoms. The summed E-state index contributed by atoms with van der Waals surface area (Å²) in [6.07, 6.45) is 3.68. The number of amides is 1. The Morgan fingerprint density at radius 2 is 2.03 bits per heavy atom. The molecule has 1 amide bonds. The Hall–Kier alpha value is -1.35. The van der Waals surface area contributed by atoms with Crippen molar-refractivity contribution in [2.45, 2.75) is 52.1 Å². The van der Waals surface area contributed by atoms with Crippen molar-refractivity contribution in [2.24, 2.45) is 4.99 Å². The molecule has 2 N–H and O–H groups in total. The first-order valence-corrected chi connectivity index (χ1v) is 10.6. The summed E-state index contributed by atoms with van der Waals surface area (Å²) in [4.78, 5) is 20.6. The van der Waals surface area contributed by atoms with Gasteiger partial charge in [-0.05, 0) is 45.7 Å². The number of aliphatic imine (C=N–C) groups is 1. The zero-order valence-corrected chi connectivity index (χ0v) is 20.5. The molecule has 1 aromatic carbocycles. The molecular formula is C22H38IN5O. The van der Waals surface area contributed by atoms with Crippen molar-refractivity contribution in [3.63, 3.8) is 0 Å². The molecule has 0 bridgehead atoms. The maximum absolute atomic E-state index is 11.6. The molecule has 1 aromatic rings. The van der Waals surface area contributed by atoms with Crippen LogP contribution in [0.4, 0.5) is 0 Å². The quantitative estimate of drug-likeness (QED) is 0.206. The van der Waals surface area contributed by atoms with E-state index in [1.807, 2.05) is 4.90 Å². The van der Waals surface area contributed by atoms with E-state index < -0.39 is 0 Å². The number of likely N-dealkylation sites (tertiary alicyclic amines) is 1. The van der Waals surface area contributed by atoms with Crippen molar-refractivity contribution in [3.05, 3.63) is 35.9 Å². The van der Waals surface area contributed by atoms with E-state index in [9.17, 15) is 4.79 Å². The number of guanidine groups is 1. The molecule has 29 heavy (non-hydrogen) atoms. The predicted octanol–water partition coefficient (Wildman–Crippen LogP) is 3.08. The minimum Gasteiger partial charge on any atom is -0.357 e. The molecule has 1 aliphatic rings. The lowest BCUT2D eigenvalue weighted by Crippen LogP contribution is -2.40. The molecular weight excluding hydrogens is 477 g/mol. The van der Waals surface area contributed by atoms with Crippen LogP contribution in [0.15, 0.2) is 35.3 Å². The highest BCUT2D eigenvalue weighted by Crippen LogP contribution is 2.10. The summed E-state index contributed by atoms with van der Waals surface area (Å²) in [5.41, 5.74) is 1.34. The normalized spacial score (nSPS) is 15.4. The van der Waals surface area contributed by atoms with E-state index in [4.69, 9.17) is 0 Å². The highest BCUT2D eigenvalue weighted by Gasteiger charge is 2.18. The van der Waals surface area contributed by atoms with Crippen LogP contribution >= 0.6 is 24.0 Å². The van der Waals surface area contributed by atoms with Crippen LogP contribution in [0.5, 0.6) is 0 Å². The summed E-state index contributed by atoms with van der Waals surface area (Å²) in [5.74, 6) is 1.16. The van der Waals surface area contributed by atoms with E-state index in [0.29, 0.717) is 18.4 Å². The predicted molar refractivity (Wildman–Crippen MR) is 132 cm³/mol. The molecule has 164 valence electrons. The van der Waals surface area contributed by atoms with Gasteiger partial charge in [0.2, 0.25) is 5.91 Å². The number of halogens is 1. The van der Waals surface area contributed by atoms with Gasteiger partial charge in [-0.2, -0.15) is 0 Å². The molecule has 1 atom stereocenters. The number of hydrogen-bond acceptors (Lipinski definition) is 3. The molecule has 0 aromatic heterocycles. The van der Waals surface area contributed by atoms with Crippen LogP contribution < -0.4 is 10.6 Å². The van der Waals surface area contributed by atoms with Crippen molar-refractivity contribution in [1.29, 1.82) is 0 Å². The van der Waals surface area contributed by atoms with E-state index in [1.54, 1.807) is 0 Å². The molecule has 0 spiro atoms. The second-order valence-corrected chi connectivity index (χ2v) is 7.56. The summed E-state index contributed by atoms with van der Waals surface area (Å²) in [6, 6.07) is 11.1. The van der Waals surface area contributed by atoms with E-state index in [1.165, 1.54) is 5.56 Å². The van der Waals surface area contributed by atoms with Crippen LogP contribution in [-0.4, -0.2) is 67.5 Å². The van der Waals surface area contributed by atoms with E-state index in [2.05, 4.69) is 71.8 Å². The molecule has 0 radical (unpaired) electrons. The van der Waals surface area contributed by atoms with E-state index >= 15 is 0 Å². The molecule has 6 nitrogen and oxygen atoms in total. The average molecular weight is 515 g/mol. The highest BCUT2D eigenvalue weighted by atomic mass is 127. The number of hydrogen-bond donors (Lipinski definition) is 2. The molecule has 1 unspecified atom stereocenters. The fourth-order valence-electron chi connectivity index (χ4n) is 3.38. The number of carbonyl (C=O) groups excluding carboxylic acids is 1. The third kappa shape index (κ3) is 9.80. The van der Waals surface area contributed by atoms with Crippen molar-refractivity contribution in [1.82, 2.24) is 20.4 Å². The fourth-order valence-corrected chi connectivity index (χ4v) is 3.38. The summed E-state index contributed by atoms with van der Waals surface area (Å²) >= 11 is 0. The molecule has 1 heterocycles. The Morgan fingerprint density at radius 1 is 1.28 bits per heavy atom. The third-order valence-electron chi connectivity index (χ3n) is 5.25. The molecule has 0 aliphatic carbocycles. The summed E-state index contributed by atoms with van der Waals surface area (Å²) < 4.78 is 0. The average Bonchev–Trinajstić information content (AvgIpc) is 3.10. The van der Waals surface area contributed by atoms with Gasteiger partial charge in [0.15, 0.2) is 5.96 Å². The lowest BCUT2D eigenvalue weighted by Gasteiger charge is -2.25. The summed E-state index contributed by atoms with van der Waals surface area (Å²) in [5, 5.41) is 6.75. The second kappa shape index (κ2) is 14.6. The second-order valence-electron chi connectivity index (χ2n) is 7.56. The Bertz CT molecular complexity index is 610. The van der Waals surface area contributed by atoms with Crippen LogP contribution in [0, 0.1) is 0 Å². The first-order valence-electron chi connectivity index (χ1n) is 10.6. The first-order chi connectivity index (χ1) is 13.6. The molecule has 1 saturated heterocycles. The molecule has 1 aliphatic heterocycles. The van der Waals surface area contributed by atoms with Crippen molar-refractivity contribution >= 4 is 35.8 Å². The minimum absolute atomic E-state index is 0. The Labute approximate surface area is 193 Å². The van der Waals surface area contributed by atoms with Gasteiger partial charge in [0.1, 0.15) is 0 Å². The van der Waals surface area contributed by atoms with Gasteiger partial charge in [0, 0.05) is 51.7 Å². The zero-order valence-electron chi connectivity index (χ0n) is 18.2. The lowest BCUT2D eigenvalue weighted by molar-refractivity contribution is -0.127. The highest BCUT2D eigenvalue weighted by molar-refractivity contribution is 14.0. The summed E-state index contributed by atoms with van der Waals surface area (Å²) in [6.45, 7) is 9.51. The topological polar surface area (TPSA) is 60.0 Å². The Morgan fingerprint density at radius 3 is 2.69 bits per heavy atom. The Balaban J connectivity index is 0.00000420. The van der Waals surface area contributed by atoms with Crippen LogP contribution in [-0.2, 0) is 11.3 Å². The van der Waals surface area contributed by atoms with Gasteiger partial charge in [-0.15, -0.1) is 24.0 Å². The number of nitrogens with zero attached hydrogens (tertiary/aromatic N) is 3. The number of nitrogens with one attached hydrogen (secondary N) is 2. The van der Waals surface area contributed by atoms with Crippen LogP contribution in [0.25, 0.3) is 0 Å². The number of carbonyl (C=O) groups is 1. The van der Waals surface area contributed by atoms with Crippen molar-refractivity contribution in [2.75, 3.05) is 39.8 Å². The standard InChI is InChI=1S/C22H37N5O.HI/c1-4-23-22(24-14-9-17-27-16-8-12-21(27)28)25-15-13-19(2)26(3)18-20-10-6-5-7-11-20;/h5-7,10-11,19H,4,8-9,12-18H2,1-3H3,(H2,23,24,25);1H. The van der Waals surface area contributed by atoms with E-state index in [-0.39, 0.29) is 24.0 Å². The van der Waals surface area contributed by atoms with Gasteiger partial charge in [-0.25, -0.2) is 0 Å². The first kappa shape index (κ1) is 25.7. The maximum Gasteiger partial charge on any atom is 0.222 e. The summed E-state index contributed by atoms with van der Waals surface area (Å²) in [7, 11) is 2.18. The maximum atomic E-state index is 11.6. The van der Waals surface area contributed by atoms with Gasteiger partial charge in [-0.1, -0.05) is 30.3 Å². The van der Waals surface area contributed by atoms with Crippen LogP contribution in [0.2, 0.25) is 0 Å². The monoisotopic (exact) mass is 515 g/mol. The molecule has 1 fully saturated rings. The fraction of sp³-hybridized carbons (Fsp3) is 0.636. The molecule has 0 saturated carbocycles. The van der Waals surface area contributed by atoms with E-state index in [0.717, 1.165) is 64.5 Å². The SMILES string of the molecule is CCNC(=NCCCN1CCCC1=O)NCCC(C)N(C)Cc1ccccc1.I. The van der Waals surface area contributed by atoms with Crippen molar-refractivity contribution < 1.29 is 4.79 Å². The zero-order chi connectivity index (χ0) is 20.2. The minimum atomic E-state index is 0. The van der Waals surface area contributed by atoms with Gasteiger partial charge < -0.3 is 15.5 Å². The lowest BCUT2D eigenvalue weighted by atomic mass is 10.1. The van der Waals surface area contributed by atoms with Gasteiger partial charge in [0.05, 0.1) is 0 Å². The van der Waals surface area contributed by atoms with Gasteiger partial charge in [-0.3, -0.25) is 14.7 Å². The number of benzene rings is 1. The molecule has 2 rings (SSSR count). The largest absolute Gasteiger partial charge is 0.357 e. The third-order valence-corrected chi connectivity index (χ3v) is 5.25. The van der Waals surface area contributed by atoms with Gasteiger partial charge >= 0.3 is 0 Å². The van der Waals surface area contributed by atoms with Crippen LogP contribution in [0.1, 0.15) is 45.1 Å². The van der Waals surface area contributed by atoms with Gasteiger partial charge in [0.25, 0.3) is 0 Å².